The molecule has 0 spiro atoms. The highest BCUT2D eigenvalue weighted by Gasteiger charge is 2.17. The van der Waals surface area contributed by atoms with Crippen molar-refractivity contribution in [3.8, 4) is 5.75 Å². The minimum Gasteiger partial charge on any atom is -0.482 e. The minimum absolute atomic E-state index is 0.326. The van der Waals surface area contributed by atoms with Crippen LogP contribution in [0.4, 0.5) is 0 Å². The van der Waals surface area contributed by atoms with Crippen molar-refractivity contribution in [2.45, 2.75) is 25.7 Å². The molecule has 1 aromatic heterocycles. The zero-order valence-corrected chi connectivity index (χ0v) is 18.3. The number of carboxylic acids is 1. The van der Waals surface area contributed by atoms with Crippen LogP contribution in [-0.4, -0.2) is 35.0 Å². The Morgan fingerprint density at radius 1 is 1.06 bits per heavy atom. The van der Waals surface area contributed by atoms with Crippen molar-refractivity contribution in [3.05, 3.63) is 107 Å². The Bertz CT molecular complexity index is 1140. The molecule has 6 heteroatoms. The Hall–Kier alpha value is -3.93. The first-order chi connectivity index (χ1) is 16.2. The highest BCUT2D eigenvalue weighted by Crippen LogP contribution is 2.31. The van der Waals surface area contributed by atoms with Crippen LogP contribution >= 0.6 is 0 Å². The molecule has 0 atom stereocenters. The first-order valence-electron chi connectivity index (χ1n) is 11.0. The molecule has 0 saturated heterocycles. The van der Waals surface area contributed by atoms with Gasteiger partial charge in [-0.25, -0.2) is 4.79 Å². The lowest BCUT2D eigenvalue weighted by Crippen LogP contribution is -2.13. The molecule has 0 saturated carbocycles. The van der Waals surface area contributed by atoms with Crippen LogP contribution < -0.4 is 4.74 Å². The van der Waals surface area contributed by atoms with Gasteiger partial charge in [0.15, 0.2) is 6.61 Å². The van der Waals surface area contributed by atoms with E-state index in [0.717, 1.165) is 41.7 Å². The van der Waals surface area contributed by atoms with Crippen molar-refractivity contribution < 1.29 is 19.5 Å². The molecular weight excluding hydrogens is 416 g/mol. The monoisotopic (exact) mass is 442 g/mol. The number of aliphatic carboxylic acids is 1. The lowest BCUT2D eigenvalue weighted by molar-refractivity contribution is -0.139. The summed E-state index contributed by atoms with van der Waals surface area (Å²) in [4.78, 5) is 20.7. The van der Waals surface area contributed by atoms with E-state index in [0.29, 0.717) is 18.8 Å². The van der Waals surface area contributed by atoms with E-state index in [1.807, 2.05) is 60.8 Å². The van der Waals surface area contributed by atoms with Gasteiger partial charge >= 0.3 is 5.97 Å². The first kappa shape index (κ1) is 22.3. The van der Waals surface area contributed by atoms with Gasteiger partial charge in [0.05, 0.1) is 5.71 Å². The van der Waals surface area contributed by atoms with Gasteiger partial charge in [-0.15, -0.1) is 0 Å². The van der Waals surface area contributed by atoms with Crippen LogP contribution in [0.2, 0.25) is 0 Å². The highest BCUT2D eigenvalue weighted by atomic mass is 16.6. The molecule has 2 aromatic carbocycles. The normalized spacial score (nSPS) is 14.5. The Labute approximate surface area is 193 Å². The zero-order chi connectivity index (χ0) is 22.9. The molecule has 3 aromatic rings. The fraction of sp³-hybridized carbons (Fsp3) is 0.222. The molecule has 1 N–H and O–H groups in total. The maximum atomic E-state index is 10.8. The molecule has 1 aliphatic carbocycles. The lowest BCUT2D eigenvalue weighted by atomic mass is 9.87. The summed E-state index contributed by atoms with van der Waals surface area (Å²) in [5.41, 5.74) is 6.50. The van der Waals surface area contributed by atoms with Crippen molar-refractivity contribution in [3.63, 3.8) is 0 Å². The van der Waals surface area contributed by atoms with Crippen molar-refractivity contribution >= 4 is 11.7 Å². The predicted octanol–water partition coefficient (Wildman–Crippen LogP) is 4.62. The maximum Gasteiger partial charge on any atom is 0.341 e. The molecule has 1 aliphatic rings. The molecule has 0 bridgehead atoms. The summed E-state index contributed by atoms with van der Waals surface area (Å²) < 4.78 is 5.45. The molecule has 168 valence electrons. The summed E-state index contributed by atoms with van der Waals surface area (Å²) in [6.07, 6.45) is 8.83. The molecule has 0 aliphatic heterocycles. The maximum absolute atomic E-state index is 10.8. The van der Waals surface area contributed by atoms with Crippen LogP contribution in [0, 0.1) is 0 Å². The molecule has 0 radical (unpaired) electrons. The Kier molecular flexibility index (Phi) is 7.48. The smallest absolute Gasteiger partial charge is 0.341 e. The van der Waals surface area contributed by atoms with Gasteiger partial charge in [0.25, 0.3) is 0 Å². The van der Waals surface area contributed by atoms with Crippen LogP contribution in [0.15, 0.2) is 89.9 Å². The highest BCUT2D eigenvalue weighted by molar-refractivity contribution is 6.01. The summed E-state index contributed by atoms with van der Waals surface area (Å²) in [6, 6.07) is 19.8. The number of benzene rings is 2. The predicted molar refractivity (Wildman–Crippen MR) is 127 cm³/mol. The quantitative estimate of drug-likeness (QED) is 0.226. The SMILES string of the molecule is O=C(O)COc1cccc2c1CCC(=CCON=C(Cc1cccnc1)c1ccccc1)C2. The lowest BCUT2D eigenvalue weighted by Gasteiger charge is -2.21. The fourth-order valence-corrected chi connectivity index (χ4v) is 3.91. The number of hydrogen-bond acceptors (Lipinski definition) is 5. The first-order valence-corrected chi connectivity index (χ1v) is 11.0. The molecule has 0 fully saturated rings. The van der Waals surface area contributed by atoms with E-state index in [4.69, 9.17) is 14.7 Å². The average Bonchev–Trinajstić information content (AvgIpc) is 2.85. The largest absolute Gasteiger partial charge is 0.482 e. The molecule has 0 unspecified atom stereocenters. The van der Waals surface area contributed by atoms with Gasteiger partial charge in [0.1, 0.15) is 12.4 Å². The van der Waals surface area contributed by atoms with Crippen LogP contribution in [0.3, 0.4) is 0 Å². The third-order valence-corrected chi connectivity index (χ3v) is 5.52. The van der Waals surface area contributed by atoms with E-state index in [-0.39, 0.29) is 6.61 Å². The summed E-state index contributed by atoms with van der Waals surface area (Å²) >= 11 is 0. The second-order valence-corrected chi connectivity index (χ2v) is 7.85. The van der Waals surface area contributed by atoms with Gasteiger partial charge in [-0.05, 0) is 59.7 Å². The molecule has 0 amide bonds. The van der Waals surface area contributed by atoms with Gasteiger partial charge in [-0.3, -0.25) is 4.98 Å². The van der Waals surface area contributed by atoms with E-state index >= 15 is 0 Å². The summed E-state index contributed by atoms with van der Waals surface area (Å²) in [5, 5.41) is 13.3. The standard InChI is InChI=1S/C27H26N2O4/c30-27(31)19-32-26-10-4-9-23-16-20(11-12-24(23)26)13-15-33-29-25(22-7-2-1-3-8-22)17-21-6-5-14-28-18-21/h1-10,13-14,18H,11-12,15-17,19H2,(H,30,31). The van der Waals surface area contributed by atoms with Gasteiger partial charge in [0.2, 0.25) is 0 Å². The molecular formula is C27H26N2O4. The van der Waals surface area contributed by atoms with E-state index < -0.39 is 5.97 Å². The number of nitrogens with zero attached hydrogens (tertiary/aromatic N) is 2. The summed E-state index contributed by atoms with van der Waals surface area (Å²) in [5.74, 6) is -0.308. The molecule has 6 nitrogen and oxygen atoms in total. The van der Waals surface area contributed by atoms with Crippen molar-refractivity contribution in [2.75, 3.05) is 13.2 Å². The number of allylic oxidation sites excluding steroid dienone is 1. The number of aromatic nitrogens is 1. The van der Waals surface area contributed by atoms with Crippen molar-refractivity contribution in [1.82, 2.24) is 4.98 Å². The molecule has 4 rings (SSSR count). The number of hydrogen-bond donors (Lipinski definition) is 1. The number of ether oxygens (including phenoxy) is 1. The third-order valence-electron chi connectivity index (χ3n) is 5.52. The zero-order valence-electron chi connectivity index (χ0n) is 18.3. The van der Waals surface area contributed by atoms with Crippen molar-refractivity contribution in [1.29, 1.82) is 0 Å². The van der Waals surface area contributed by atoms with Crippen LogP contribution in [0.5, 0.6) is 5.75 Å². The summed E-state index contributed by atoms with van der Waals surface area (Å²) in [7, 11) is 0. The number of carboxylic acid groups (broad SMARTS) is 1. The van der Waals surface area contributed by atoms with E-state index in [1.54, 1.807) is 6.20 Å². The average molecular weight is 443 g/mol. The third kappa shape index (κ3) is 6.29. The van der Waals surface area contributed by atoms with Crippen molar-refractivity contribution in [2.24, 2.45) is 5.16 Å². The Morgan fingerprint density at radius 3 is 2.73 bits per heavy atom. The fourth-order valence-electron chi connectivity index (χ4n) is 3.91. The Balaban J connectivity index is 1.41. The van der Waals surface area contributed by atoms with Gasteiger partial charge in [-0.2, -0.15) is 0 Å². The number of carbonyl (C=O) groups is 1. The second kappa shape index (κ2) is 11.1. The van der Waals surface area contributed by atoms with Crippen LogP contribution in [-0.2, 0) is 28.9 Å². The van der Waals surface area contributed by atoms with Crippen LogP contribution in [0.25, 0.3) is 0 Å². The molecule has 33 heavy (non-hydrogen) atoms. The van der Waals surface area contributed by atoms with E-state index in [2.05, 4.69) is 22.3 Å². The second-order valence-electron chi connectivity index (χ2n) is 7.85. The number of fused-ring (bicyclic) bond motifs is 1. The van der Waals surface area contributed by atoms with Gasteiger partial charge < -0.3 is 14.7 Å². The van der Waals surface area contributed by atoms with Gasteiger partial charge in [0, 0.05) is 18.8 Å². The minimum atomic E-state index is -0.972. The van der Waals surface area contributed by atoms with Crippen LogP contribution in [0.1, 0.15) is 28.7 Å². The summed E-state index contributed by atoms with van der Waals surface area (Å²) in [6.45, 7) is 0.0665. The van der Waals surface area contributed by atoms with E-state index in [9.17, 15) is 4.79 Å². The van der Waals surface area contributed by atoms with E-state index in [1.165, 1.54) is 11.1 Å². The Morgan fingerprint density at radius 2 is 1.94 bits per heavy atom. The number of pyridine rings is 1. The van der Waals surface area contributed by atoms with Gasteiger partial charge in [-0.1, -0.05) is 59.3 Å². The number of oxime groups is 1. The topological polar surface area (TPSA) is 81.0 Å². The number of rotatable bonds is 9. The molecule has 1 heterocycles.